The molecule has 0 aliphatic carbocycles. The molecule has 1 saturated heterocycles. The Labute approximate surface area is 138 Å². The van der Waals surface area contributed by atoms with Crippen molar-refractivity contribution < 1.29 is 9.59 Å². The number of hydrogen-bond acceptors (Lipinski definition) is 5. The van der Waals surface area contributed by atoms with Crippen molar-refractivity contribution in [2.75, 3.05) is 17.2 Å². The Morgan fingerprint density at radius 2 is 2.08 bits per heavy atom. The number of rotatable bonds is 3. The average molecular weight is 323 g/mol. The highest BCUT2D eigenvalue weighted by Gasteiger charge is 2.20. The zero-order valence-corrected chi connectivity index (χ0v) is 13.0. The molecule has 2 aromatic rings. The number of benzene rings is 1. The lowest BCUT2D eigenvalue weighted by molar-refractivity contribution is -0.115. The highest BCUT2D eigenvalue weighted by atomic mass is 16.2. The largest absolute Gasteiger partial charge is 0.325 e. The maximum Gasteiger partial charge on any atom is 0.258 e. The van der Waals surface area contributed by atoms with Gasteiger partial charge in [0.2, 0.25) is 5.91 Å². The average Bonchev–Trinajstić information content (AvgIpc) is 3.23. The predicted octanol–water partition coefficient (Wildman–Crippen LogP) is 1.65. The molecular weight excluding hydrogens is 306 g/mol. The van der Waals surface area contributed by atoms with Crippen LogP contribution in [0, 0.1) is 0 Å². The van der Waals surface area contributed by atoms with Gasteiger partial charge in [-0.15, -0.1) is 0 Å². The van der Waals surface area contributed by atoms with Gasteiger partial charge >= 0.3 is 0 Å². The number of fused-ring (bicyclic) bond motifs is 1. The van der Waals surface area contributed by atoms with Gasteiger partial charge in [-0.2, -0.15) is 0 Å². The van der Waals surface area contributed by atoms with Gasteiger partial charge < -0.3 is 16.0 Å². The molecule has 2 aliphatic heterocycles. The molecule has 2 aliphatic rings. The normalized spacial score (nSPS) is 19.0. The molecule has 0 spiro atoms. The molecule has 24 heavy (non-hydrogen) atoms. The molecule has 3 N–H and O–H groups in total. The second kappa shape index (κ2) is 6.01. The number of aromatic nitrogens is 2. The van der Waals surface area contributed by atoms with Gasteiger partial charge in [0.25, 0.3) is 5.91 Å². The fourth-order valence-corrected chi connectivity index (χ4v) is 3.04. The molecule has 7 heteroatoms. The van der Waals surface area contributed by atoms with E-state index in [4.69, 9.17) is 0 Å². The van der Waals surface area contributed by atoms with Crippen molar-refractivity contribution in [1.29, 1.82) is 0 Å². The number of anilines is 2. The first kappa shape index (κ1) is 14.8. The third-order valence-corrected chi connectivity index (χ3v) is 4.30. The van der Waals surface area contributed by atoms with Crippen LogP contribution in [-0.2, 0) is 11.2 Å². The van der Waals surface area contributed by atoms with E-state index in [0.29, 0.717) is 17.7 Å². The summed E-state index contributed by atoms with van der Waals surface area (Å²) in [5.41, 5.74) is 2.72. The van der Waals surface area contributed by atoms with E-state index in [2.05, 4.69) is 25.9 Å². The number of nitrogens with one attached hydrogen (secondary N) is 3. The van der Waals surface area contributed by atoms with E-state index in [9.17, 15) is 9.59 Å². The lowest BCUT2D eigenvalue weighted by atomic mass is 10.1. The summed E-state index contributed by atoms with van der Waals surface area (Å²) in [6.07, 6.45) is 5.62. The van der Waals surface area contributed by atoms with Gasteiger partial charge in [0.05, 0.1) is 18.0 Å². The van der Waals surface area contributed by atoms with Crippen LogP contribution in [0.15, 0.2) is 30.6 Å². The minimum absolute atomic E-state index is 0.0296. The van der Waals surface area contributed by atoms with Crippen LogP contribution in [0.5, 0.6) is 0 Å². The maximum absolute atomic E-state index is 12.3. The first-order chi connectivity index (χ1) is 11.7. The smallest absolute Gasteiger partial charge is 0.258 e. The van der Waals surface area contributed by atoms with Gasteiger partial charge in [0.15, 0.2) is 0 Å². The van der Waals surface area contributed by atoms with E-state index in [-0.39, 0.29) is 17.9 Å². The molecule has 0 bridgehead atoms. The minimum atomic E-state index is -0.273. The fraction of sp³-hybridized carbons (Fsp3) is 0.294. The SMILES string of the molecule is O=C1Cc2ccc(NC(=O)c3cnc(C4CCCN4)nc3)cc2N1. The highest BCUT2D eigenvalue weighted by Crippen LogP contribution is 2.26. The van der Waals surface area contributed by atoms with Crippen molar-refractivity contribution >= 4 is 23.2 Å². The van der Waals surface area contributed by atoms with Crippen LogP contribution in [0.2, 0.25) is 0 Å². The van der Waals surface area contributed by atoms with Crippen LogP contribution in [0.3, 0.4) is 0 Å². The molecule has 0 radical (unpaired) electrons. The number of amides is 2. The van der Waals surface area contributed by atoms with Gasteiger partial charge in [-0.3, -0.25) is 9.59 Å². The Hall–Kier alpha value is -2.80. The van der Waals surface area contributed by atoms with Crippen molar-refractivity contribution in [3.05, 3.63) is 47.5 Å². The Morgan fingerprint density at radius 3 is 2.83 bits per heavy atom. The third-order valence-electron chi connectivity index (χ3n) is 4.30. The Morgan fingerprint density at radius 1 is 1.25 bits per heavy atom. The van der Waals surface area contributed by atoms with Crippen molar-refractivity contribution in [2.24, 2.45) is 0 Å². The number of carbonyl (C=O) groups is 2. The second-order valence-electron chi connectivity index (χ2n) is 6.03. The van der Waals surface area contributed by atoms with Crippen molar-refractivity contribution in [3.8, 4) is 0 Å². The molecule has 1 unspecified atom stereocenters. The molecule has 2 amide bonds. The van der Waals surface area contributed by atoms with Gasteiger partial charge in [-0.25, -0.2) is 9.97 Å². The highest BCUT2D eigenvalue weighted by molar-refractivity contribution is 6.05. The van der Waals surface area contributed by atoms with Crippen LogP contribution in [0.4, 0.5) is 11.4 Å². The van der Waals surface area contributed by atoms with Gasteiger partial charge in [-0.05, 0) is 37.1 Å². The molecule has 122 valence electrons. The molecule has 1 atom stereocenters. The first-order valence-corrected chi connectivity index (χ1v) is 7.98. The summed E-state index contributed by atoms with van der Waals surface area (Å²) >= 11 is 0. The lowest BCUT2D eigenvalue weighted by Crippen LogP contribution is -2.17. The Balaban J connectivity index is 1.46. The van der Waals surface area contributed by atoms with Gasteiger partial charge in [0, 0.05) is 23.8 Å². The fourth-order valence-electron chi connectivity index (χ4n) is 3.04. The van der Waals surface area contributed by atoms with Crippen molar-refractivity contribution in [1.82, 2.24) is 15.3 Å². The zero-order valence-electron chi connectivity index (χ0n) is 13.0. The molecule has 1 fully saturated rings. The summed E-state index contributed by atoms with van der Waals surface area (Å²) in [5, 5.41) is 8.90. The van der Waals surface area contributed by atoms with Gasteiger partial charge in [0.1, 0.15) is 5.82 Å². The summed E-state index contributed by atoms with van der Waals surface area (Å²) < 4.78 is 0. The van der Waals surface area contributed by atoms with Crippen LogP contribution in [0.25, 0.3) is 0 Å². The second-order valence-corrected chi connectivity index (χ2v) is 6.03. The molecule has 1 aromatic carbocycles. The van der Waals surface area contributed by atoms with E-state index in [1.807, 2.05) is 6.07 Å². The van der Waals surface area contributed by atoms with E-state index in [1.165, 1.54) is 0 Å². The molecule has 7 nitrogen and oxygen atoms in total. The number of carbonyl (C=O) groups excluding carboxylic acids is 2. The summed E-state index contributed by atoms with van der Waals surface area (Å²) in [5.74, 6) is 0.424. The molecule has 4 rings (SSSR count). The van der Waals surface area contributed by atoms with Gasteiger partial charge in [-0.1, -0.05) is 6.07 Å². The monoisotopic (exact) mass is 323 g/mol. The van der Waals surface area contributed by atoms with Crippen LogP contribution < -0.4 is 16.0 Å². The standard InChI is InChI=1S/C17H17N5O2/c23-15-6-10-3-4-12(7-14(10)22-15)21-17(24)11-8-19-16(20-9-11)13-2-1-5-18-13/h3-4,7-9,13,18H,1-2,5-6H2,(H,21,24)(H,22,23). The maximum atomic E-state index is 12.3. The quantitative estimate of drug-likeness (QED) is 0.798. The molecule has 1 aromatic heterocycles. The summed E-state index contributed by atoms with van der Waals surface area (Å²) in [4.78, 5) is 32.3. The van der Waals surface area contributed by atoms with Crippen LogP contribution in [0.1, 0.15) is 40.6 Å². The van der Waals surface area contributed by atoms with Crippen LogP contribution >= 0.6 is 0 Å². The van der Waals surface area contributed by atoms with Crippen molar-refractivity contribution in [2.45, 2.75) is 25.3 Å². The third kappa shape index (κ3) is 2.85. The van der Waals surface area contributed by atoms with Crippen molar-refractivity contribution in [3.63, 3.8) is 0 Å². The first-order valence-electron chi connectivity index (χ1n) is 7.98. The lowest BCUT2D eigenvalue weighted by Gasteiger charge is -2.09. The topological polar surface area (TPSA) is 96.0 Å². The van der Waals surface area contributed by atoms with Crippen LogP contribution in [-0.4, -0.2) is 28.3 Å². The van der Waals surface area contributed by atoms with E-state index in [0.717, 1.165) is 36.5 Å². The van der Waals surface area contributed by atoms with E-state index in [1.54, 1.807) is 24.5 Å². The zero-order chi connectivity index (χ0) is 16.5. The van der Waals surface area contributed by atoms with E-state index < -0.39 is 0 Å². The molecule has 0 saturated carbocycles. The minimum Gasteiger partial charge on any atom is -0.325 e. The molecular formula is C17H17N5O2. The number of nitrogens with zero attached hydrogens (tertiary/aromatic N) is 2. The Kier molecular flexibility index (Phi) is 3.70. The Bertz CT molecular complexity index is 797. The number of hydrogen-bond donors (Lipinski definition) is 3. The summed E-state index contributed by atoms with van der Waals surface area (Å²) in [7, 11) is 0. The molecule has 3 heterocycles. The summed E-state index contributed by atoms with van der Waals surface area (Å²) in [6.45, 7) is 0.977. The summed E-state index contributed by atoms with van der Waals surface area (Å²) in [6, 6.07) is 5.57. The van der Waals surface area contributed by atoms with E-state index >= 15 is 0 Å². The predicted molar refractivity (Wildman–Crippen MR) is 88.7 cm³/mol.